The number of sulfonamides is 1. The summed E-state index contributed by atoms with van der Waals surface area (Å²) in [6.45, 7) is 4.07. The number of nitro benzene ring substituents is 1. The number of likely N-dealkylation sites (tertiary alicyclic amines) is 1. The zero-order valence-electron chi connectivity index (χ0n) is 19.1. The SMILES string of the molecule is COc1ccc(C)cc1N(CC(=O)N1CCCCCC1)S(=O)(=O)c1ccc(C)c([N+](=O)[O-])c1. The molecule has 0 aromatic heterocycles. The molecule has 10 heteroatoms. The molecule has 1 amide bonds. The molecule has 0 radical (unpaired) electrons. The molecule has 0 spiro atoms. The molecule has 0 bridgehead atoms. The molecule has 1 heterocycles. The molecule has 1 fully saturated rings. The third kappa shape index (κ3) is 5.44. The van der Waals surface area contributed by atoms with Gasteiger partial charge < -0.3 is 9.64 Å². The van der Waals surface area contributed by atoms with Gasteiger partial charge in [-0.2, -0.15) is 0 Å². The summed E-state index contributed by atoms with van der Waals surface area (Å²) in [5, 5.41) is 11.4. The van der Waals surface area contributed by atoms with E-state index < -0.39 is 21.5 Å². The predicted molar refractivity (Wildman–Crippen MR) is 125 cm³/mol. The van der Waals surface area contributed by atoms with E-state index in [0.29, 0.717) is 18.7 Å². The van der Waals surface area contributed by atoms with Gasteiger partial charge in [0.2, 0.25) is 5.91 Å². The molecule has 0 unspecified atom stereocenters. The summed E-state index contributed by atoms with van der Waals surface area (Å²) in [6.07, 6.45) is 3.81. The average Bonchev–Trinajstić information content (AvgIpc) is 3.07. The monoisotopic (exact) mass is 475 g/mol. The number of hydrogen-bond donors (Lipinski definition) is 0. The zero-order chi connectivity index (χ0) is 24.2. The molecule has 0 atom stereocenters. The zero-order valence-corrected chi connectivity index (χ0v) is 19.9. The standard InChI is InChI=1S/C23H29N3O6S/c1-17-8-11-22(32-3)21(14-17)25(16-23(27)24-12-6-4-5-7-13-24)33(30,31)19-10-9-18(2)20(15-19)26(28)29/h8-11,14-15H,4-7,12-13,16H2,1-3H3. The number of amides is 1. The van der Waals surface area contributed by atoms with E-state index in [-0.39, 0.29) is 27.9 Å². The van der Waals surface area contributed by atoms with Crippen molar-refractivity contribution < 1.29 is 22.9 Å². The molecule has 0 aliphatic carbocycles. The van der Waals surface area contributed by atoms with Gasteiger partial charge in [-0.05, 0) is 50.5 Å². The summed E-state index contributed by atoms with van der Waals surface area (Å²) in [5.41, 5.74) is 1.04. The number of anilines is 1. The minimum absolute atomic E-state index is 0.212. The van der Waals surface area contributed by atoms with E-state index in [1.165, 1.54) is 19.2 Å². The van der Waals surface area contributed by atoms with Crippen molar-refractivity contribution in [1.82, 2.24) is 4.90 Å². The number of methoxy groups -OCH3 is 1. The van der Waals surface area contributed by atoms with Crippen LogP contribution in [0.3, 0.4) is 0 Å². The van der Waals surface area contributed by atoms with Gasteiger partial charge in [0.05, 0.1) is 22.6 Å². The van der Waals surface area contributed by atoms with Crippen LogP contribution in [-0.4, -0.2) is 50.9 Å². The predicted octanol–water partition coefficient (Wildman–Crippen LogP) is 3.82. The number of nitro groups is 1. The minimum atomic E-state index is -4.32. The van der Waals surface area contributed by atoms with Crippen molar-refractivity contribution in [2.24, 2.45) is 0 Å². The van der Waals surface area contributed by atoms with Gasteiger partial charge in [-0.15, -0.1) is 0 Å². The van der Waals surface area contributed by atoms with E-state index in [0.717, 1.165) is 41.6 Å². The van der Waals surface area contributed by atoms with Crippen LogP contribution in [-0.2, 0) is 14.8 Å². The highest BCUT2D eigenvalue weighted by molar-refractivity contribution is 7.92. The fraction of sp³-hybridized carbons (Fsp3) is 0.435. The quantitative estimate of drug-likeness (QED) is 0.445. The number of ether oxygens (including phenoxy) is 1. The number of aryl methyl sites for hydroxylation is 2. The van der Waals surface area contributed by atoms with Crippen molar-refractivity contribution in [3.8, 4) is 5.75 Å². The second-order valence-electron chi connectivity index (χ2n) is 8.19. The fourth-order valence-electron chi connectivity index (χ4n) is 3.91. The smallest absolute Gasteiger partial charge is 0.273 e. The number of hydrogen-bond acceptors (Lipinski definition) is 6. The van der Waals surface area contributed by atoms with Crippen molar-refractivity contribution in [3.63, 3.8) is 0 Å². The molecule has 1 saturated heterocycles. The van der Waals surface area contributed by atoms with Gasteiger partial charge in [0.1, 0.15) is 12.3 Å². The highest BCUT2D eigenvalue weighted by Gasteiger charge is 2.32. The van der Waals surface area contributed by atoms with Crippen LogP contribution in [0.1, 0.15) is 36.8 Å². The first-order valence-corrected chi connectivity index (χ1v) is 12.3. The Morgan fingerprint density at radius 3 is 2.36 bits per heavy atom. The lowest BCUT2D eigenvalue weighted by Crippen LogP contribution is -2.43. The van der Waals surface area contributed by atoms with Gasteiger partial charge in [0.15, 0.2) is 0 Å². The van der Waals surface area contributed by atoms with Gasteiger partial charge in [-0.25, -0.2) is 8.42 Å². The molecule has 2 aromatic carbocycles. The summed E-state index contributed by atoms with van der Waals surface area (Å²) < 4.78 is 33.9. The third-order valence-electron chi connectivity index (χ3n) is 5.81. The third-order valence-corrected chi connectivity index (χ3v) is 7.56. The van der Waals surface area contributed by atoms with Crippen LogP contribution in [0.2, 0.25) is 0 Å². The Hall–Kier alpha value is -3.14. The molecule has 3 rings (SSSR count). The van der Waals surface area contributed by atoms with Crippen molar-refractivity contribution in [2.75, 3.05) is 31.0 Å². The van der Waals surface area contributed by atoms with E-state index in [9.17, 15) is 23.3 Å². The summed E-state index contributed by atoms with van der Waals surface area (Å²) in [7, 11) is -2.89. The molecule has 0 N–H and O–H groups in total. The van der Waals surface area contributed by atoms with Crippen molar-refractivity contribution in [3.05, 3.63) is 57.6 Å². The number of carbonyl (C=O) groups is 1. The first-order valence-electron chi connectivity index (χ1n) is 10.9. The second kappa shape index (κ2) is 10.2. The lowest BCUT2D eigenvalue weighted by Gasteiger charge is -2.29. The second-order valence-corrected chi connectivity index (χ2v) is 10.0. The molecule has 1 aliphatic heterocycles. The maximum absolute atomic E-state index is 13.8. The molecule has 178 valence electrons. The Morgan fingerprint density at radius 2 is 1.76 bits per heavy atom. The van der Waals surface area contributed by atoms with E-state index in [2.05, 4.69) is 0 Å². The van der Waals surface area contributed by atoms with Gasteiger partial charge >= 0.3 is 0 Å². The summed E-state index contributed by atoms with van der Waals surface area (Å²) in [4.78, 5) is 25.4. The van der Waals surface area contributed by atoms with Gasteiger partial charge in [-0.3, -0.25) is 19.2 Å². The Bertz CT molecular complexity index is 1140. The van der Waals surface area contributed by atoms with E-state index in [4.69, 9.17) is 4.74 Å². The van der Waals surface area contributed by atoms with Crippen LogP contribution in [0.5, 0.6) is 5.75 Å². The maximum Gasteiger partial charge on any atom is 0.273 e. The van der Waals surface area contributed by atoms with E-state index in [1.54, 1.807) is 36.9 Å². The van der Waals surface area contributed by atoms with Crippen molar-refractivity contribution in [2.45, 2.75) is 44.4 Å². The number of rotatable bonds is 7. The summed E-state index contributed by atoms with van der Waals surface area (Å²) >= 11 is 0. The van der Waals surface area contributed by atoms with Crippen LogP contribution in [0.4, 0.5) is 11.4 Å². The van der Waals surface area contributed by atoms with Gasteiger partial charge in [-0.1, -0.05) is 25.0 Å². The molecule has 33 heavy (non-hydrogen) atoms. The summed E-state index contributed by atoms with van der Waals surface area (Å²) in [6, 6.07) is 8.81. The Labute approximate surface area is 194 Å². The Kier molecular flexibility index (Phi) is 7.57. The number of nitrogens with zero attached hydrogens (tertiary/aromatic N) is 3. The molecule has 9 nitrogen and oxygen atoms in total. The van der Waals surface area contributed by atoms with E-state index >= 15 is 0 Å². The average molecular weight is 476 g/mol. The molecular formula is C23H29N3O6S. The maximum atomic E-state index is 13.8. The van der Waals surface area contributed by atoms with Crippen LogP contribution < -0.4 is 9.04 Å². The minimum Gasteiger partial charge on any atom is -0.495 e. The lowest BCUT2D eigenvalue weighted by atomic mass is 10.2. The topological polar surface area (TPSA) is 110 Å². The highest BCUT2D eigenvalue weighted by Crippen LogP contribution is 2.34. The van der Waals surface area contributed by atoms with Crippen LogP contribution >= 0.6 is 0 Å². The molecular weight excluding hydrogens is 446 g/mol. The number of benzene rings is 2. The Balaban J connectivity index is 2.10. The lowest BCUT2D eigenvalue weighted by molar-refractivity contribution is -0.385. The molecule has 0 saturated carbocycles. The summed E-state index contributed by atoms with van der Waals surface area (Å²) in [5.74, 6) is -0.0277. The first-order chi connectivity index (χ1) is 15.6. The van der Waals surface area contributed by atoms with Gasteiger partial charge in [0, 0.05) is 24.7 Å². The van der Waals surface area contributed by atoms with Crippen molar-refractivity contribution >= 4 is 27.3 Å². The molecule has 1 aliphatic rings. The van der Waals surface area contributed by atoms with E-state index in [1.807, 2.05) is 0 Å². The number of carbonyl (C=O) groups excluding carboxylic acids is 1. The fourth-order valence-corrected chi connectivity index (χ4v) is 5.35. The highest BCUT2D eigenvalue weighted by atomic mass is 32.2. The Morgan fingerprint density at radius 1 is 1.09 bits per heavy atom. The van der Waals surface area contributed by atoms with Crippen LogP contribution in [0.25, 0.3) is 0 Å². The first kappa shape index (κ1) is 24.5. The molecule has 2 aromatic rings. The van der Waals surface area contributed by atoms with Crippen LogP contribution in [0, 0.1) is 24.0 Å². The van der Waals surface area contributed by atoms with Crippen LogP contribution in [0.15, 0.2) is 41.3 Å². The van der Waals surface area contributed by atoms with Gasteiger partial charge in [0.25, 0.3) is 15.7 Å². The van der Waals surface area contributed by atoms with Crippen molar-refractivity contribution in [1.29, 1.82) is 0 Å². The normalized spacial score (nSPS) is 14.5. The largest absolute Gasteiger partial charge is 0.495 e.